The van der Waals surface area contributed by atoms with Crippen LogP contribution < -0.4 is 5.43 Å². The van der Waals surface area contributed by atoms with Gasteiger partial charge in [0, 0.05) is 18.5 Å². The van der Waals surface area contributed by atoms with Crippen molar-refractivity contribution in [3.63, 3.8) is 0 Å². The summed E-state index contributed by atoms with van der Waals surface area (Å²) < 4.78 is 57.7. The van der Waals surface area contributed by atoms with E-state index in [2.05, 4.69) is 4.98 Å². The highest BCUT2D eigenvalue weighted by Crippen LogP contribution is 2.19. The Hall–Kier alpha value is -4.00. The number of aromatic nitrogens is 2. The fourth-order valence-electron chi connectivity index (χ4n) is 2.88. The first-order valence-corrected chi connectivity index (χ1v) is 10.7. The monoisotopic (exact) mass is 492 g/mol. The van der Waals surface area contributed by atoms with Crippen LogP contribution in [0.2, 0.25) is 0 Å². The summed E-state index contributed by atoms with van der Waals surface area (Å²) in [5, 5.41) is 9.16. The van der Waals surface area contributed by atoms with Gasteiger partial charge in [-0.2, -0.15) is 8.42 Å². The molecule has 12 heteroatoms. The lowest BCUT2D eigenvalue weighted by molar-refractivity contribution is 0.0695. The first-order chi connectivity index (χ1) is 15.5. The molecule has 0 radical (unpaired) electrons. The van der Waals surface area contributed by atoms with Crippen LogP contribution in [0.3, 0.4) is 0 Å². The molecule has 0 saturated carbocycles. The van der Waals surface area contributed by atoms with Gasteiger partial charge in [0.25, 0.3) is 10.1 Å². The molecule has 2 aromatic carbocycles. The molecule has 0 amide bonds. The Morgan fingerprint density at radius 3 is 2.26 bits per heavy atom. The number of carboxylic acids is 1. The Bertz CT molecular complexity index is 1520. The molecule has 4 N–H and O–H groups in total. The summed E-state index contributed by atoms with van der Waals surface area (Å²) in [6.07, 6.45) is 2.37. The van der Waals surface area contributed by atoms with Crippen molar-refractivity contribution in [1.82, 2.24) is 9.55 Å². The Morgan fingerprint density at radius 1 is 1.06 bits per heavy atom. The second-order valence-electron chi connectivity index (χ2n) is 6.81. The van der Waals surface area contributed by atoms with Gasteiger partial charge in [0.15, 0.2) is 0 Å². The molecule has 0 aliphatic carbocycles. The Labute approximate surface area is 191 Å². The molecular weight excluding hydrogens is 474 g/mol. The first-order valence-electron chi connectivity index (χ1n) is 9.22. The molecule has 34 heavy (non-hydrogen) atoms. The SMILES string of the molecule is Cc1ccc(S(=O)(=O)O)cc1.O.O=C(O)c1cn(-c2ccc(F)cc2F)c2ncccc2c1=O. The zero-order chi connectivity index (χ0) is 24.3. The molecular formula is C22H18F2N2O7S. The first kappa shape index (κ1) is 26.3. The summed E-state index contributed by atoms with van der Waals surface area (Å²) in [5.41, 5.74) is -0.299. The van der Waals surface area contributed by atoms with Gasteiger partial charge in [-0.25, -0.2) is 18.6 Å². The van der Waals surface area contributed by atoms with Crippen molar-refractivity contribution in [1.29, 1.82) is 0 Å². The van der Waals surface area contributed by atoms with Crippen molar-refractivity contribution in [2.24, 2.45) is 0 Å². The molecule has 0 saturated heterocycles. The summed E-state index contributed by atoms with van der Waals surface area (Å²) >= 11 is 0. The molecule has 0 atom stereocenters. The van der Waals surface area contributed by atoms with E-state index in [4.69, 9.17) is 9.66 Å². The number of nitrogens with zero attached hydrogens (tertiary/aromatic N) is 2. The maximum absolute atomic E-state index is 14.0. The van der Waals surface area contributed by atoms with Crippen LogP contribution in [0.25, 0.3) is 16.7 Å². The molecule has 2 aromatic heterocycles. The van der Waals surface area contributed by atoms with Crippen LogP contribution in [0, 0.1) is 18.6 Å². The Morgan fingerprint density at radius 2 is 1.71 bits per heavy atom. The lowest BCUT2D eigenvalue weighted by atomic mass is 10.2. The van der Waals surface area contributed by atoms with Crippen LogP contribution in [0.4, 0.5) is 8.78 Å². The van der Waals surface area contributed by atoms with Gasteiger partial charge in [-0.1, -0.05) is 17.7 Å². The normalized spacial score (nSPS) is 10.7. The number of aromatic carboxylic acids is 1. The van der Waals surface area contributed by atoms with Crippen LogP contribution in [-0.4, -0.2) is 39.1 Å². The third kappa shape index (κ3) is 5.67. The number of rotatable bonds is 3. The lowest BCUT2D eigenvalue weighted by Crippen LogP contribution is -2.19. The highest BCUT2D eigenvalue weighted by atomic mass is 32.2. The third-order valence-corrected chi connectivity index (χ3v) is 5.35. The van der Waals surface area contributed by atoms with E-state index >= 15 is 0 Å². The third-order valence-electron chi connectivity index (χ3n) is 4.48. The number of carboxylic acid groups (broad SMARTS) is 1. The van der Waals surface area contributed by atoms with Gasteiger partial charge in [0.1, 0.15) is 22.8 Å². The molecule has 0 spiro atoms. The van der Waals surface area contributed by atoms with Crippen LogP contribution in [0.1, 0.15) is 15.9 Å². The molecule has 4 aromatic rings. The van der Waals surface area contributed by atoms with Gasteiger partial charge in [-0.3, -0.25) is 13.9 Å². The number of halogens is 2. The summed E-state index contributed by atoms with van der Waals surface area (Å²) in [5.74, 6) is -3.10. The molecule has 0 aliphatic rings. The average molecular weight is 492 g/mol. The van der Waals surface area contributed by atoms with Crippen molar-refractivity contribution in [3.05, 3.63) is 100.0 Å². The van der Waals surface area contributed by atoms with Crippen molar-refractivity contribution in [3.8, 4) is 5.69 Å². The molecule has 0 fully saturated rings. The number of carbonyl (C=O) groups is 1. The number of pyridine rings is 2. The average Bonchev–Trinajstić information content (AvgIpc) is 2.75. The minimum absolute atomic E-state index is 0. The van der Waals surface area contributed by atoms with E-state index in [1.165, 1.54) is 30.5 Å². The van der Waals surface area contributed by atoms with Gasteiger partial charge in [-0.15, -0.1) is 0 Å². The molecule has 4 rings (SSSR count). The second kappa shape index (κ2) is 10.3. The van der Waals surface area contributed by atoms with Crippen LogP contribution in [0.5, 0.6) is 0 Å². The molecule has 0 aliphatic heterocycles. The van der Waals surface area contributed by atoms with Crippen molar-refractivity contribution in [2.45, 2.75) is 11.8 Å². The number of benzene rings is 2. The molecule has 0 unspecified atom stereocenters. The minimum Gasteiger partial charge on any atom is -0.477 e. The zero-order valence-corrected chi connectivity index (χ0v) is 18.3. The van der Waals surface area contributed by atoms with Gasteiger partial charge >= 0.3 is 5.97 Å². The topological polar surface area (TPSA) is 158 Å². The largest absolute Gasteiger partial charge is 0.477 e. The number of fused-ring (bicyclic) bond motifs is 1. The Kier molecular flexibility index (Phi) is 7.95. The summed E-state index contributed by atoms with van der Waals surface area (Å²) in [6, 6.07) is 11.7. The fraction of sp³-hybridized carbons (Fsp3) is 0.0455. The van der Waals surface area contributed by atoms with E-state index in [0.29, 0.717) is 6.07 Å². The van der Waals surface area contributed by atoms with Gasteiger partial charge in [0.2, 0.25) is 5.43 Å². The summed E-state index contributed by atoms with van der Waals surface area (Å²) in [7, 11) is -4.02. The van der Waals surface area contributed by atoms with E-state index in [9.17, 15) is 26.8 Å². The number of hydrogen-bond donors (Lipinski definition) is 2. The fourth-order valence-corrected chi connectivity index (χ4v) is 3.36. The second-order valence-corrected chi connectivity index (χ2v) is 8.23. The molecule has 2 heterocycles. The predicted molar refractivity (Wildman–Crippen MR) is 119 cm³/mol. The van der Waals surface area contributed by atoms with E-state index in [1.807, 2.05) is 6.92 Å². The highest BCUT2D eigenvalue weighted by molar-refractivity contribution is 7.85. The predicted octanol–water partition coefficient (Wildman–Crippen LogP) is 2.78. The summed E-state index contributed by atoms with van der Waals surface area (Å²) in [6.45, 7) is 1.84. The smallest absolute Gasteiger partial charge is 0.341 e. The van der Waals surface area contributed by atoms with Crippen LogP contribution in [0.15, 0.2) is 76.7 Å². The van der Waals surface area contributed by atoms with Crippen LogP contribution in [-0.2, 0) is 10.1 Å². The van der Waals surface area contributed by atoms with E-state index < -0.39 is 38.7 Å². The maximum Gasteiger partial charge on any atom is 0.341 e. The zero-order valence-electron chi connectivity index (χ0n) is 17.4. The van der Waals surface area contributed by atoms with Gasteiger partial charge in [-0.05, 0) is 43.3 Å². The highest BCUT2D eigenvalue weighted by Gasteiger charge is 2.17. The standard InChI is InChI=1S/C15H8F2N2O3.C7H8O3S.H2O/c16-8-3-4-12(11(17)6-8)19-7-10(15(21)22)13(20)9-2-1-5-18-14(9)19;1-6-2-4-7(5-3-6)11(8,9)10;/h1-7H,(H,21,22);2-5H,1H3,(H,8,9,10);1H2. The number of aryl methyl sites for hydroxylation is 1. The van der Waals surface area contributed by atoms with Crippen molar-refractivity contribution in [2.75, 3.05) is 0 Å². The van der Waals surface area contributed by atoms with Gasteiger partial charge in [0.05, 0.1) is 16.0 Å². The van der Waals surface area contributed by atoms with Crippen molar-refractivity contribution < 1.29 is 37.1 Å². The van der Waals surface area contributed by atoms with Crippen molar-refractivity contribution >= 4 is 27.1 Å². The quantitative estimate of drug-likeness (QED) is 0.416. The molecule has 178 valence electrons. The molecule has 9 nitrogen and oxygen atoms in total. The number of hydrogen-bond acceptors (Lipinski definition) is 5. The minimum atomic E-state index is -4.02. The van der Waals surface area contributed by atoms with Crippen LogP contribution >= 0.6 is 0 Å². The van der Waals surface area contributed by atoms with E-state index in [-0.39, 0.29) is 27.1 Å². The van der Waals surface area contributed by atoms with Gasteiger partial charge < -0.3 is 10.6 Å². The summed E-state index contributed by atoms with van der Waals surface area (Å²) in [4.78, 5) is 27.2. The van der Waals surface area contributed by atoms with E-state index in [1.54, 1.807) is 12.1 Å². The van der Waals surface area contributed by atoms with E-state index in [0.717, 1.165) is 28.5 Å². The lowest BCUT2D eigenvalue weighted by Gasteiger charge is -2.12. The Balaban J connectivity index is 0.000000289. The molecule has 0 bridgehead atoms. The maximum atomic E-state index is 14.0.